The highest BCUT2D eigenvalue weighted by Gasteiger charge is 2.34. The van der Waals surface area contributed by atoms with E-state index in [1.54, 1.807) is 31.4 Å². The molecule has 10 nitrogen and oxygen atoms in total. The average molecular weight is 515 g/mol. The first kappa shape index (κ1) is 25.5. The van der Waals surface area contributed by atoms with E-state index in [2.05, 4.69) is 45.9 Å². The Morgan fingerprint density at radius 3 is 2.45 bits per heavy atom. The second-order valence-corrected chi connectivity index (χ2v) is 9.98. The average Bonchev–Trinajstić information content (AvgIpc) is 2.92. The van der Waals surface area contributed by atoms with E-state index < -0.39 is 0 Å². The number of carbonyl (C=O) groups is 2. The van der Waals surface area contributed by atoms with Gasteiger partial charge in [0.05, 0.1) is 22.6 Å². The predicted molar refractivity (Wildman–Crippen MR) is 149 cm³/mol. The summed E-state index contributed by atoms with van der Waals surface area (Å²) in [5.41, 5.74) is 9.32. The fraction of sp³-hybridized carbons (Fsp3) is 0.357. The number of nitrogens with zero attached hydrogens (tertiary/aromatic N) is 4. The number of piperidine rings is 1. The van der Waals surface area contributed by atoms with Gasteiger partial charge in [-0.25, -0.2) is 9.97 Å². The zero-order chi connectivity index (χ0) is 26.8. The maximum atomic E-state index is 13.4. The highest BCUT2D eigenvalue weighted by molar-refractivity contribution is 5.97. The Kier molecular flexibility index (Phi) is 7.15. The number of amides is 2. The van der Waals surface area contributed by atoms with E-state index in [0.717, 1.165) is 46.7 Å². The maximum absolute atomic E-state index is 13.4. The third kappa shape index (κ3) is 5.12. The Morgan fingerprint density at radius 2 is 1.76 bits per heavy atom. The number of hydrazine groups is 1. The van der Waals surface area contributed by atoms with Crippen LogP contribution in [0.1, 0.15) is 50.4 Å². The Balaban J connectivity index is 1.22. The highest BCUT2D eigenvalue weighted by Crippen LogP contribution is 2.27. The van der Waals surface area contributed by atoms with Crippen molar-refractivity contribution in [3.8, 4) is 0 Å². The summed E-state index contributed by atoms with van der Waals surface area (Å²) in [5, 5.41) is 6.33. The molecule has 3 heterocycles. The fourth-order valence-corrected chi connectivity index (χ4v) is 5.43. The van der Waals surface area contributed by atoms with Crippen LogP contribution in [-0.4, -0.2) is 64.3 Å². The van der Waals surface area contributed by atoms with Gasteiger partial charge in [-0.05, 0) is 68.1 Å². The quantitative estimate of drug-likeness (QED) is 0.291. The number of likely N-dealkylation sites (tertiary alicyclic amines) is 1. The molecule has 0 aliphatic carbocycles. The lowest BCUT2D eigenvalue weighted by atomic mass is 9.97. The van der Waals surface area contributed by atoms with Crippen molar-refractivity contribution in [1.82, 2.24) is 19.8 Å². The first-order valence-electron chi connectivity index (χ1n) is 13.0. The maximum Gasteiger partial charge on any atom is 0.257 e. The molecule has 0 bridgehead atoms. The number of hydrogen-bond acceptors (Lipinski definition) is 8. The van der Waals surface area contributed by atoms with E-state index in [-0.39, 0.29) is 17.9 Å². The Morgan fingerprint density at radius 1 is 1.03 bits per heavy atom. The molecule has 0 radical (unpaired) electrons. The predicted octanol–water partition coefficient (Wildman–Crippen LogP) is 3.47. The topological polar surface area (TPSA) is 129 Å². The van der Waals surface area contributed by atoms with Gasteiger partial charge < -0.3 is 25.9 Å². The first-order valence-corrected chi connectivity index (χ1v) is 13.0. The summed E-state index contributed by atoms with van der Waals surface area (Å²) < 4.78 is 0. The minimum Gasteiger partial charge on any atom is -0.386 e. The van der Waals surface area contributed by atoms with Gasteiger partial charge in [-0.2, -0.15) is 0 Å². The molecule has 2 amide bonds. The third-order valence-corrected chi connectivity index (χ3v) is 7.31. The van der Waals surface area contributed by atoms with E-state index >= 15 is 0 Å². The fourth-order valence-electron chi connectivity index (χ4n) is 5.43. The van der Waals surface area contributed by atoms with Crippen LogP contribution in [-0.2, 0) is 6.42 Å². The van der Waals surface area contributed by atoms with Crippen molar-refractivity contribution in [3.63, 3.8) is 0 Å². The Labute approximate surface area is 222 Å². The van der Waals surface area contributed by atoms with Crippen LogP contribution in [0.5, 0.6) is 0 Å². The molecule has 198 valence electrons. The number of nitrogens with one attached hydrogen (secondary N) is 3. The van der Waals surface area contributed by atoms with E-state index in [0.29, 0.717) is 43.1 Å². The second-order valence-electron chi connectivity index (χ2n) is 9.98. The summed E-state index contributed by atoms with van der Waals surface area (Å²) in [6, 6.07) is 11.7. The van der Waals surface area contributed by atoms with Crippen LogP contribution in [0.4, 0.5) is 23.0 Å². The third-order valence-electron chi connectivity index (χ3n) is 7.31. The van der Waals surface area contributed by atoms with Crippen molar-refractivity contribution < 1.29 is 9.59 Å². The van der Waals surface area contributed by atoms with Crippen LogP contribution in [0.25, 0.3) is 0 Å². The van der Waals surface area contributed by atoms with Crippen LogP contribution in [0.3, 0.4) is 0 Å². The normalized spacial score (nSPS) is 15.7. The molecule has 1 aromatic heterocycles. The van der Waals surface area contributed by atoms with Gasteiger partial charge in [0.1, 0.15) is 0 Å². The van der Waals surface area contributed by atoms with Crippen molar-refractivity contribution in [1.29, 1.82) is 0 Å². The molecule has 0 unspecified atom stereocenters. The molecule has 2 aromatic carbocycles. The molecule has 0 saturated carbocycles. The van der Waals surface area contributed by atoms with Gasteiger partial charge in [-0.1, -0.05) is 6.07 Å². The molecular formula is C28H34N8O2. The SMILES string of the molecule is CNc1cc(C(=O)N2CCC(N3CCc4nc(Nc5cc(C)cc(C)c5)ncc4C3=O)CC2)ccc1NN. The van der Waals surface area contributed by atoms with Crippen molar-refractivity contribution in [2.24, 2.45) is 5.84 Å². The van der Waals surface area contributed by atoms with Crippen LogP contribution >= 0.6 is 0 Å². The van der Waals surface area contributed by atoms with Gasteiger partial charge >= 0.3 is 0 Å². The van der Waals surface area contributed by atoms with Gasteiger partial charge in [0.2, 0.25) is 5.95 Å². The molecule has 1 saturated heterocycles. The summed E-state index contributed by atoms with van der Waals surface area (Å²) in [4.78, 5) is 39.4. The number of nitrogens with two attached hydrogens (primary N) is 1. The number of nitrogen functional groups attached to an aromatic ring is 1. The molecule has 1 fully saturated rings. The Hall–Kier alpha value is -4.18. The zero-order valence-electron chi connectivity index (χ0n) is 22.0. The van der Waals surface area contributed by atoms with Crippen molar-refractivity contribution in [3.05, 3.63) is 70.5 Å². The van der Waals surface area contributed by atoms with Crippen LogP contribution in [0.15, 0.2) is 42.6 Å². The molecule has 0 atom stereocenters. The molecule has 5 N–H and O–H groups in total. The lowest BCUT2D eigenvalue weighted by Crippen LogP contribution is -2.51. The van der Waals surface area contributed by atoms with Gasteiger partial charge in [-0.3, -0.25) is 15.4 Å². The van der Waals surface area contributed by atoms with Gasteiger partial charge in [0.15, 0.2) is 0 Å². The van der Waals surface area contributed by atoms with E-state index in [4.69, 9.17) is 5.84 Å². The smallest absolute Gasteiger partial charge is 0.257 e. The molecule has 2 aliphatic heterocycles. The van der Waals surface area contributed by atoms with Crippen molar-refractivity contribution in [2.45, 2.75) is 39.2 Å². The molecule has 38 heavy (non-hydrogen) atoms. The number of aryl methyl sites for hydroxylation is 2. The Bertz CT molecular complexity index is 1350. The summed E-state index contributed by atoms with van der Waals surface area (Å²) in [7, 11) is 1.79. The molecule has 2 aliphatic rings. The second kappa shape index (κ2) is 10.7. The van der Waals surface area contributed by atoms with Crippen molar-refractivity contribution >= 4 is 34.8 Å². The lowest BCUT2D eigenvalue weighted by Gasteiger charge is -2.40. The largest absolute Gasteiger partial charge is 0.386 e. The molecule has 3 aromatic rings. The standard InChI is InChI=1S/C28H34N8O2/c1-17-12-18(2)14-20(13-17)32-28-31-16-22-23(33-28)8-11-36(27(22)38)21-6-9-35(10-7-21)26(37)19-4-5-24(34-29)25(15-19)30-3/h4-5,12-16,21,30,34H,6-11,29H2,1-3H3,(H,31,32,33). The van der Waals surface area contributed by atoms with Gasteiger partial charge in [0, 0.05) is 56.6 Å². The number of carbonyl (C=O) groups excluding carboxylic acids is 2. The van der Waals surface area contributed by atoms with Gasteiger partial charge in [0.25, 0.3) is 11.8 Å². The molecular weight excluding hydrogens is 480 g/mol. The molecule has 0 spiro atoms. The number of fused-ring (bicyclic) bond motifs is 1. The minimum absolute atomic E-state index is 0.0175. The summed E-state index contributed by atoms with van der Waals surface area (Å²) in [6.45, 7) is 5.92. The monoisotopic (exact) mass is 514 g/mol. The summed E-state index contributed by atoms with van der Waals surface area (Å²) in [6.07, 6.45) is 3.79. The lowest BCUT2D eigenvalue weighted by molar-refractivity contribution is 0.0503. The summed E-state index contributed by atoms with van der Waals surface area (Å²) >= 11 is 0. The number of hydrogen-bond donors (Lipinski definition) is 4. The minimum atomic E-state index is -0.0301. The number of rotatable bonds is 6. The molecule has 10 heteroatoms. The van der Waals surface area contributed by atoms with Crippen LogP contribution < -0.4 is 21.9 Å². The van der Waals surface area contributed by atoms with E-state index in [1.165, 1.54) is 0 Å². The van der Waals surface area contributed by atoms with Crippen molar-refractivity contribution in [2.75, 3.05) is 42.7 Å². The van der Waals surface area contributed by atoms with Crippen LogP contribution in [0, 0.1) is 13.8 Å². The number of benzene rings is 2. The molecule has 5 rings (SSSR count). The summed E-state index contributed by atoms with van der Waals surface area (Å²) in [5.74, 6) is 5.99. The zero-order valence-corrected chi connectivity index (χ0v) is 22.0. The number of anilines is 4. The van der Waals surface area contributed by atoms with E-state index in [1.807, 2.05) is 21.9 Å². The first-order chi connectivity index (χ1) is 18.4. The number of aromatic nitrogens is 2. The highest BCUT2D eigenvalue weighted by atomic mass is 16.2. The van der Waals surface area contributed by atoms with Crippen LogP contribution in [0.2, 0.25) is 0 Å². The van der Waals surface area contributed by atoms with E-state index in [9.17, 15) is 9.59 Å². The van der Waals surface area contributed by atoms with Gasteiger partial charge in [-0.15, -0.1) is 0 Å².